The number of hydrogen-bond acceptors (Lipinski definition) is 5. The van der Waals surface area contributed by atoms with Gasteiger partial charge in [0.25, 0.3) is 0 Å². The minimum atomic E-state index is -0.363. The number of nitro groups is 1. The first-order chi connectivity index (χ1) is 10.0. The number of thiophene rings is 1. The summed E-state index contributed by atoms with van der Waals surface area (Å²) in [5, 5.41) is 15.9. The summed E-state index contributed by atoms with van der Waals surface area (Å²) in [5.74, 6) is 0.848. The van der Waals surface area contributed by atoms with Gasteiger partial charge in [-0.05, 0) is 31.5 Å². The van der Waals surface area contributed by atoms with E-state index < -0.39 is 0 Å². The molecule has 0 spiro atoms. The Balaban J connectivity index is 1.75. The molecular formula is C15H18N2O3S. The predicted molar refractivity (Wildman–Crippen MR) is 83.9 cm³/mol. The fourth-order valence-electron chi connectivity index (χ4n) is 1.76. The van der Waals surface area contributed by atoms with E-state index in [1.807, 2.05) is 38.1 Å². The van der Waals surface area contributed by atoms with E-state index >= 15 is 0 Å². The second-order valence-electron chi connectivity index (χ2n) is 4.96. The molecule has 0 saturated heterocycles. The van der Waals surface area contributed by atoms with E-state index in [4.69, 9.17) is 4.74 Å². The summed E-state index contributed by atoms with van der Waals surface area (Å²) in [4.78, 5) is 10.2. The molecule has 1 aromatic carbocycles. The minimum absolute atomic E-state index is 0.158. The van der Waals surface area contributed by atoms with Crippen LogP contribution in [0.1, 0.15) is 18.1 Å². The molecule has 1 N–H and O–H groups in total. The first kappa shape index (κ1) is 15.5. The molecule has 112 valence electrons. The third-order valence-corrected chi connectivity index (χ3v) is 3.92. The summed E-state index contributed by atoms with van der Waals surface area (Å²) in [6, 6.07) is 9.68. The van der Waals surface area contributed by atoms with Crippen LogP contribution in [-0.4, -0.2) is 17.6 Å². The zero-order valence-corrected chi connectivity index (χ0v) is 12.9. The Morgan fingerprint density at radius 1 is 1.38 bits per heavy atom. The van der Waals surface area contributed by atoms with Gasteiger partial charge in [-0.2, -0.15) is 0 Å². The van der Waals surface area contributed by atoms with Crippen molar-refractivity contribution in [3.05, 3.63) is 57.0 Å². The molecule has 2 aromatic rings. The van der Waals surface area contributed by atoms with Crippen molar-refractivity contribution in [2.24, 2.45) is 0 Å². The highest BCUT2D eigenvalue weighted by Crippen LogP contribution is 2.22. The molecule has 0 amide bonds. The van der Waals surface area contributed by atoms with Crippen molar-refractivity contribution in [3.63, 3.8) is 0 Å². The van der Waals surface area contributed by atoms with Gasteiger partial charge in [0.2, 0.25) is 0 Å². The fourth-order valence-corrected chi connectivity index (χ4v) is 2.49. The van der Waals surface area contributed by atoms with Crippen molar-refractivity contribution in [3.8, 4) is 5.75 Å². The number of aryl methyl sites for hydroxylation is 1. The maximum Gasteiger partial charge on any atom is 0.324 e. The van der Waals surface area contributed by atoms with Gasteiger partial charge in [-0.1, -0.05) is 29.0 Å². The molecule has 21 heavy (non-hydrogen) atoms. The molecule has 0 fully saturated rings. The van der Waals surface area contributed by atoms with Gasteiger partial charge in [-0.3, -0.25) is 10.1 Å². The van der Waals surface area contributed by atoms with Gasteiger partial charge in [0.1, 0.15) is 12.4 Å². The fraction of sp³-hybridized carbons (Fsp3) is 0.333. The molecule has 5 nitrogen and oxygen atoms in total. The number of benzene rings is 1. The van der Waals surface area contributed by atoms with Gasteiger partial charge in [-0.25, -0.2) is 0 Å². The predicted octanol–water partition coefficient (Wildman–Crippen LogP) is 3.52. The Morgan fingerprint density at radius 3 is 2.71 bits per heavy atom. The number of rotatable bonds is 7. The highest BCUT2D eigenvalue weighted by Gasteiger charge is 2.10. The largest absolute Gasteiger partial charge is 0.492 e. The molecule has 0 bridgehead atoms. The second-order valence-corrected chi connectivity index (χ2v) is 5.85. The third-order valence-electron chi connectivity index (χ3n) is 3.00. The minimum Gasteiger partial charge on any atom is -0.492 e. The summed E-state index contributed by atoms with van der Waals surface area (Å²) in [6.07, 6.45) is 0. The Labute approximate surface area is 127 Å². The van der Waals surface area contributed by atoms with E-state index in [0.717, 1.165) is 22.6 Å². The highest BCUT2D eigenvalue weighted by atomic mass is 32.1. The van der Waals surface area contributed by atoms with Crippen molar-refractivity contribution in [2.75, 3.05) is 6.61 Å². The Morgan fingerprint density at radius 2 is 2.10 bits per heavy atom. The van der Waals surface area contributed by atoms with E-state index in [9.17, 15) is 10.1 Å². The lowest BCUT2D eigenvalue weighted by Crippen LogP contribution is -2.31. The number of nitrogens with zero attached hydrogens (tertiary/aromatic N) is 1. The molecule has 0 aliphatic carbocycles. The molecule has 0 aliphatic rings. The standard InChI is InChI=1S/C15H18N2O3S/c1-11-3-5-14(6-4-11)20-9-12(2)16-8-13-7-15(17(18)19)21-10-13/h3-7,10,12,16H,8-9H2,1-2H3. The van der Waals surface area contributed by atoms with Crippen LogP contribution in [0.25, 0.3) is 0 Å². The van der Waals surface area contributed by atoms with Crippen LogP contribution in [0.2, 0.25) is 0 Å². The summed E-state index contributed by atoms with van der Waals surface area (Å²) < 4.78 is 5.69. The topological polar surface area (TPSA) is 64.4 Å². The number of hydrogen-bond donors (Lipinski definition) is 1. The smallest absolute Gasteiger partial charge is 0.324 e. The van der Waals surface area contributed by atoms with Crippen LogP contribution in [0.15, 0.2) is 35.7 Å². The number of nitrogens with one attached hydrogen (secondary N) is 1. The van der Waals surface area contributed by atoms with Crippen LogP contribution < -0.4 is 10.1 Å². The molecular weight excluding hydrogens is 288 g/mol. The average molecular weight is 306 g/mol. The lowest BCUT2D eigenvalue weighted by atomic mass is 10.2. The highest BCUT2D eigenvalue weighted by molar-refractivity contribution is 7.13. The molecule has 1 atom stereocenters. The van der Waals surface area contributed by atoms with E-state index in [-0.39, 0.29) is 16.0 Å². The van der Waals surface area contributed by atoms with E-state index in [1.165, 1.54) is 5.56 Å². The van der Waals surface area contributed by atoms with E-state index in [0.29, 0.717) is 13.2 Å². The van der Waals surface area contributed by atoms with Gasteiger partial charge in [-0.15, -0.1) is 0 Å². The average Bonchev–Trinajstić information content (AvgIpc) is 2.93. The summed E-state index contributed by atoms with van der Waals surface area (Å²) in [7, 11) is 0. The van der Waals surface area contributed by atoms with Crippen LogP contribution in [0.5, 0.6) is 5.75 Å². The van der Waals surface area contributed by atoms with Crippen molar-refractivity contribution in [2.45, 2.75) is 26.4 Å². The van der Waals surface area contributed by atoms with Gasteiger partial charge < -0.3 is 10.1 Å². The maximum atomic E-state index is 10.6. The third kappa shape index (κ3) is 4.84. The van der Waals surface area contributed by atoms with Crippen LogP contribution in [0.3, 0.4) is 0 Å². The zero-order valence-electron chi connectivity index (χ0n) is 12.0. The summed E-state index contributed by atoms with van der Waals surface area (Å²) >= 11 is 1.15. The van der Waals surface area contributed by atoms with Crippen molar-refractivity contribution >= 4 is 16.3 Å². The number of ether oxygens (including phenoxy) is 1. The molecule has 6 heteroatoms. The molecule has 1 heterocycles. The van der Waals surface area contributed by atoms with Crippen LogP contribution in [-0.2, 0) is 6.54 Å². The Hall–Kier alpha value is -1.92. The van der Waals surface area contributed by atoms with Crippen LogP contribution in [0, 0.1) is 17.0 Å². The van der Waals surface area contributed by atoms with Crippen molar-refractivity contribution < 1.29 is 9.66 Å². The summed E-state index contributed by atoms with van der Waals surface area (Å²) in [5.41, 5.74) is 2.13. The van der Waals surface area contributed by atoms with Crippen molar-refractivity contribution in [1.82, 2.24) is 5.32 Å². The maximum absolute atomic E-state index is 10.6. The molecule has 1 unspecified atom stereocenters. The van der Waals surface area contributed by atoms with Gasteiger partial charge in [0, 0.05) is 24.0 Å². The first-order valence-electron chi connectivity index (χ1n) is 6.69. The first-order valence-corrected chi connectivity index (χ1v) is 7.57. The lowest BCUT2D eigenvalue weighted by molar-refractivity contribution is -0.380. The van der Waals surface area contributed by atoms with E-state index in [1.54, 1.807) is 11.4 Å². The van der Waals surface area contributed by atoms with Gasteiger partial charge in [0.15, 0.2) is 0 Å². The zero-order chi connectivity index (χ0) is 15.2. The monoisotopic (exact) mass is 306 g/mol. The molecule has 0 radical (unpaired) electrons. The van der Waals surface area contributed by atoms with Crippen LogP contribution in [0.4, 0.5) is 5.00 Å². The quantitative estimate of drug-likeness (QED) is 0.628. The Kier molecular flexibility index (Phi) is 5.30. The molecule has 0 aliphatic heterocycles. The summed E-state index contributed by atoms with van der Waals surface area (Å²) in [6.45, 7) is 5.21. The van der Waals surface area contributed by atoms with Crippen molar-refractivity contribution in [1.29, 1.82) is 0 Å². The molecule has 0 saturated carbocycles. The second kappa shape index (κ2) is 7.19. The SMILES string of the molecule is Cc1ccc(OCC(C)NCc2csc([N+](=O)[O-])c2)cc1. The van der Waals surface area contributed by atoms with E-state index in [2.05, 4.69) is 5.32 Å². The Bertz CT molecular complexity index is 595. The van der Waals surface area contributed by atoms with Gasteiger partial charge in [0.05, 0.1) is 4.92 Å². The molecule has 1 aromatic heterocycles. The van der Waals surface area contributed by atoms with Gasteiger partial charge >= 0.3 is 5.00 Å². The lowest BCUT2D eigenvalue weighted by Gasteiger charge is -2.14. The van der Waals surface area contributed by atoms with Crippen LogP contribution >= 0.6 is 11.3 Å². The normalized spacial score (nSPS) is 12.1. The molecule has 2 rings (SSSR count).